The van der Waals surface area contributed by atoms with E-state index < -0.39 is 0 Å². The van der Waals surface area contributed by atoms with Gasteiger partial charge in [0.1, 0.15) is 24.0 Å². The summed E-state index contributed by atoms with van der Waals surface area (Å²) in [5.74, 6) is 3.54. The maximum absolute atomic E-state index is 12.8. The summed E-state index contributed by atoms with van der Waals surface area (Å²) in [6.07, 6.45) is 11.2. The molecule has 8 nitrogen and oxygen atoms in total. The van der Waals surface area contributed by atoms with Crippen LogP contribution in [0.5, 0.6) is 5.75 Å². The second kappa shape index (κ2) is 12.2. The molecule has 8 heteroatoms. The van der Waals surface area contributed by atoms with Crippen molar-refractivity contribution in [2.45, 2.75) is 26.4 Å². The lowest BCUT2D eigenvalue weighted by molar-refractivity contribution is -0.111. The zero-order chi connectivity index (χ0) is 25.3. The van der Waals surface area contributed by atoms with Crippen LogP contribution >= 0.6 is 0 Å². The Morgan fingerprint density at radius 3 is 2.89 bits per heavy atom. The fourth-order valence-corrected chi connectivity index (χ4v) is 3.95. The van der Waals surface area contributed by atoms with Crippen molar-refractivity contribution < 1.29 is 14.3 Å². The molecule has 1 saturated heterocycles. The lowest BCUT2D eigenvalue weighted by Gasteiger charge is -2.18. The van der Waals surface area contributed by atoms with Gasteiger partial charge in [-0.25, -0.2) is 9.97 Å². The number of hydrogen-bond donors (Lipinski definition) is 2. The van der Waals surface area contributed by atoms with Gasteiger partial charge in [0, 0.05) is 41.7 Å². The smallest absolute Gasteiger partial charge is 0.248 e. The van der Waals surface area contributed by atoms with E-state index in [4.69, 9.17) is 15.9 Å². The molecule has 1 aliphatic rings. The van der Waals surface area contributed by atoms with Crippen LogP contribution in [0.25, 0.3) is 10.9 Å². The highest BCUT2D eigenvalue weighted by Gasteiger charge is 2.20. The number of aromatic nitrogens is 2. The second-order valence-electron chi connectivity index (χ2n) is 8.42. The Hall–Kier alpha value is -3.93. The molecule has 2 heterocycles. The van der Waals surface area contributed by atoms with Crippen molar-refractivity contribution >= 4 is 34.0 Å². The quantitative estimate of drug-likeness (QED) is 0.326. The second-order valence-corrected chi connectivity index (χ2v) is 8.42. The highest BCUT2D eigenvalue weighted by atomic mass is 16.5. The Kier molecular flexibility index (Phi) is 8.50. The molecular weight excluding hydrogens is 454 g/mol. The van der Waals surface area contributed by atoms with Gasteiger partial charge in [-0.3, -0.25) is 4.79 Å². The highest BCUT2D eigenvalue weighted by molar-refractivity contribution is 6.03. The molecule has 0 bridgehead atoms. The molecule has 0 radical (unpaired) electrons. The van der Waals surface area contributed by atoms with E-state index in [1.807, 2.05) is 42.5 Å². The third-order valence-electron chi connectivity index (χ3n) is 6.00. The number of amides is 1. The van der Waals surface area contributed by atoms with Gasteiger partial charge in [-0.1, -0.05) is 31.9 Å². The van der Waals surface area contributed by atoms with E-state index in [2.05, 4.69) is 45.3 Å². The number of carbonyl (C=O) groups is 1. The molecule has 2 aromatic carbocycles. The number of likely N-dealkylation sites (N-methyl/N-ethyl adjacent to an activating group) is 1. The maximum atomic E-state index is 12.8. The van der Waals surface area contributed by atoms with Gasteiger partial charge in [0.2, 0.25) is 5.91 Å². The molecule has 4 rings (SSSR count). The third-order valence-corrected chi connectivity index (χ3v) is 6.00. The molecule has 36 heavy (non-hydrogen) atoms. The number of hydrogen-bond acceptors (Lipinski definition) is 7. The fraction of sp³-hybridized carbons (Fsp3) is 0.321. The summed E-state index contributed by atoms with van der Waals surface area (Å²) in [6.45, 7) is 7.92. The normalized spacial score (nSPS) is 15.3. The van der Waals surface area contributed by atoms with Crippen LogP contribution in [-0.2, 0) is 9.53 Å². The fourth-order valence-electron chi connectivity index (χ4n) is 3.95. The van der Waals surface area contributed by atoms with Crippen molar-refractivity contribution in [3.05, 3.63) is 60.4 Å². The van der Waals surface area contributed by atoms with E-state index in [0.29, 0.717) is 42.5 Å². The predicted molar refractivity (Wildman–Crippen MR) is 143 cm³/mol. The van der Waals surface area contributed by atoms with Gasteiger partial charge in [-0.15, -0.1) is 6.42 Å². The molecule has 1 atom stereocenters. The van der Waals surface area contributed by atoms with Gasteiger partial charge < -0.3 is 25.0 Å². The minimum Gasteiger partial charge on any atom is -0.486 e. The number of rotatable bonds is 10. The van der Waals surface area contributed by atoms with E-state index in [-0.39, 0.29) is 12.0 Å². The number of nitrogens with zero attached hydrogens (tertiary/aromatic N) is 3. The third kappa shape index (κ3) is 6.39. The standard InChI is InChI=1S/C28H31N5O3/c1-4-20-9-7-10-21(15-20)31-28-23-16-25(32-27(34)11-8-13-33(5-2)6-3)26(17-24(23)29-19-30-28)36-22-12-14-35-18-22/h1,7-11,15-17,19,22H,5-6,12-14,18H2,2-3H3,(H,32,34)(H,29,30,31)/t22-/m0/s1. The number of anilines is 3. The Bertz CT molecular complexity index is 1270. The number of benzene rings is 2. The van der Waals surface area contributed by atoms with Gasteiger partial charge in [0.15, 0.2) is 0 Å². The molecule has 1 fully saturated rings. The molecule has 3 aromatic rings. The maximum Gasteiger partial charge on any atom is 0.248 e. The van der Waals surface area contributed by atoms with Crippen LogP contribution in [0.2, 0.25) is 0 Å². The SMILES string of the molecule is C#Cc1cccc(Nc2ncnc3cc(O[C@H]4CCOC4)c(NC(=O)C=CCN(CC)CC)cc23)c1. The number of nitrogens with one attached hydrogen (secondary N) is 2. The van der Waals surface area contributed by atoms with Gasteiger partial charge in [0.25, 0.3) is 0 Å². The Balaban J connectivity index is 1.64. The molecule has 1 aliphatic heterocycles. The van der Waals surface area contributed by atoms with Crippen LogP contribution in [-0.4, -0.2) is 59.7 Å². The lowest BCUT2D eigenvalue weighted by atomic mass is 10.1. The van der Waals surface area contributed by atoms with Crippen molar-refractivity contribution in [2.75, 3.05) is 43.5 Å². The zero-order valence-corrected chi connectivity index (χ0v) is 20.7. The van der Waals surface area contributed by atoms with E-state index in [1.165, 1.54) is 6.33 Å². The Morgan fingerprint density at radius 2 is 2.14 bits per heavy atom. The molecule has 0 aliphatic carbocycles. The van der Waals surface area contributed by atoms with Crippen LogP contribution in [0.3, 0.4) is 0 Å². The molecule has 1 amide bonds. The van der Waals surface area contributed by atoms with Crippen LogP contribution in [0.15, 0.2) is 54.9 Å². The Morgan fingerprint density at radius 1 is 1.28 bits per heavy atom. The van der Waals surface area contributed by atoms with Crippen LogP contribution < -0.4 is 15.4 Å². The van der Waals surface area contributed by atoms with Gasteiger partial charge in [-0.2, -0.15) is 0 Å². The summed E-state index contributed by atoms with van der Waals surface area (Å²) in [5.41, 5.74) is 2.79. The van der Waals surface area contributed by atoms with Crippen LogP contribution in [0.1, 0.15) is 25.8 Å². The summed E-state index contributed by atoms with van der Waals surface area (Å²) >= 11 is 0. The average Bonchev–Trinajstić information content (AvgIpc) is 3.40. The van der Waals surface area contributed by atoms with Crippen molar-refractivity contribution in [2.24, 2.45) is 0 Å². The monoisotopic (exact) mass is 485 g/mol. The number of carbonyl (C=O) groups excluding carboxylic acids is 1. The first-order valence-corrected chi connectivity index (χ1v) is 12.2. The first-order valence-electron chi connectivity index (χ1n) is 12.2. The van der Waals surface area contributed by atoms with Crippen molar-refractivity contribution in [1.82, 2.24) is 14.9 Å². The van der Waals surface area contributed by atoms with Gasteiger partial charge in [-0.05, 0) is 37.4 Å². The minimum atomic E-state index is -0.234. The van der Waals surface area contributed by atoms with Crippen molar-refractivity contribution in [3.8, 4) is 18.1 Å². The summed E-state index contributed by atoms with van der Waals surface area (Å²) in [4.78, 5) is 23.9. The van der Waals surface area contributed by atoms with Crippen LogP contribution in [0, 0.1) is 12.3 Å². The summed E-state index contributed by atoms with van der Waals surface area (Å²) in [7, 11) is 0. The first-order chi connectivity index (χ1) is 17.6. The van der Waals surface area contributed by atoms with Crippen LogP contribution in [0.4, 0.5) is 17.2 Å². The summed E-state index contributed by atoms with van der Waals surface area (Å²) in [5, 5.41) is 7.03. The van der Waals surface area contributed by atoms with Crippen molar-refractivity contribution in [3.63, 3.8) is 0 Å². The number of fused-ring (bicyclic) bond motifs is 1. The number of terminal acetylenes is 1. The van der Waals surface area contributed by atoms with E-state index >= 15 is 0 Å². The van der Waals surface area contributed by atoms with E-state index in [9.17, 15) is 4.79 Å². The zero-order valence-electron chi connectivity index (χ0n) is 20.7. The summed E-state index contributed by atoms with van der Waals surface area (Å²) < 4.78 is 11.7. The van der Waals surface area contributed by atoms with Crippen molar-refractivity contribution in [1.29, 1.82) is 0 Å². The lowest BCUT2D eigenvalue weighted by Crippen LogP contribution is -2.23. The number of ether oxygens (including phenoxy) is 2. The Labute approximate surface area is 211 Å². The molecule has 0 spiro atoms. The average molecular weight is 486 g/mol. The summed E-state index contributed by atoms with van der Waals surface area (Å²) in [6, 6.07) is 11.2. The molecule has 0 unspecified atom stereocenters. The van der Waals surface area contributed by atoms with E-state index in [0.717, 1.165) is 36.1 Å². The molecular formula is C28H31N5O3. The molecule has 0 saturated carbocycles. The van der Waals surface area contributed by atoms with Gasteiger partial charge in [0.05, 0.1) is 24.4 Å². The molecule has 186 valence electrons. The first kappa shape index (κ1) is 25.2. The topological polar surface area (TPSA) is 88.6 Å². The predicted octanol–water partition coefficient (Wildman–Crippen LogP) is 4.36. The van der Waals surface area contributed by atoms with E-state index in [1.54, 1.807) is 6.08 Å². The molecule has 1 aromatic heterocycles. The minimum absolute atomic E-state index is 0.0813. The highest BCUT2D eigenvalue weighted by Crippen LogP contribution is 2.34. The van der Waals surface area contributed by atoms with Gasteiger partial charge >= 0.3 is 0 Å². The molecule has 2 N–H and O–H groups in total. The largest absolute Gasteiger partial charge is 0.486 e.